The Morgan fingerprint density at radius 1 is 1.04 bits per heavy atom. The molecule has 3 heterocycles. The SMILES string of the molecule is O=C(NCCCC(=O)N(Cc1ccco1)Cc1cccs1)c1cccs1. The van der Waals surface area contributed by atoms with Crippen LogP contribution < -0.4 is 5.32 Å². The molecule has 7 heteroatoms. The maximum atomic E-state index is 12.6. The summed E-state index contributed by atoms with van der Waals surface area (Å²) in [5.41, 5.74) is 0. The number of rotatable bonds is 9. The number of thiophene rings is 2. The van der Waals surface area contributed by atoms with Crippen LogP contribution in [-0.2, 0) is 17.9 Å². The van der Waals surface area contributed by atoms with Crippen molar-refractivity contribution >= 4 is 34.5 Å². The summed E-state index contributed by atoms with van der Waals surface area (Å²) >= 11 is 3.04. The minimum absolute atomic E-state index is 0.0557. The fraction of sp³-hybridized carbons (Fsp3) is 0.263. The van der Waals surface area contributed by atoms with E-state index in [1.165, 1.54) is 11.3 Å². The lowest BCUT2D eigenvalue weighted by atomic mass is 10.2. The smallest absolute Gasteiger partial charge is 0.261 e. The van der Waals surface area contributed by atoms with Gasteiger partial charge >= 0.3 is 0 Å². The third-order valence-corrected chi connectivity index (χ3v) is 5.53. The molecule has 5 nitrogen and oxygen atoms in total. The van der Waals surface area contributed by atoms with E-state index < -0.39 is 0 Å². The van der Waals surface area contributed by atoms with Gasteiger partial charge in [0.1, 0.15) is 5.76 Å². The number of nitrogens with zero attached hydrogens (tertiary/aromatic N) is 1. The van der Waals surface area contributed by atoms with Crippen LogP contribution in [0.2, 0.25) is 0 Å². The monoisotopic (exact) mass is 388 g/mol. The molecule has 0 saturated heterocycles. The number of carbonyl (C=O) groups excluding carboxylic acids is 2. The predicted molar refractivity (Wildman–Crippen MR) is 103 cm³/mol. The molecule has 0 aliphatic rings. The van der Waals surface area contributed by atoms with Crippen LogP contribution in [0.4, 0.5) is 0 Å². The van der Waals surface area contributed by atoms with Crippen molar-refractivity contribution in [1.82, 2.24) is 10.2 Å². The Balaban J connectivity index is 1.49. The first-order valence-corrected chi connectivity index (χ1v) is 10.1. The highest BCUT2D eigenvalue weighted by Crippen LogP contribution is 2.16. The van der Waals surface area contributed by atoms with E-state index in [-0.39, 0.29) is 11.8 Å². The van der Waals surface area contributed by atoms with Crippen molar-refractivity contribution < 1.29 is 14.0 Å². The predicted octanol–water partition coefficient (Wildman–Crippen LogP) is 4.14. The van der Waals surface area contributed by atoms with E-state index in [2.05, 4.69) is 5.32 Å². The maximum Gasteiger partial charge on any atom is 0.261 e. The van der Waals surface area contributed by atoms with Gasteiger partial charge in [0.15, 0.2) is 0 Å². The molecule has 2 amide bonds. The summed E-state index contributed by atoms with van der Waals surface area (Å²) in [4.78, 5) is 28.2. The molecule has 0 atom stereocenters. The van der Waals surface area contributed by atoms with Gasteiger partial charge in [-0.2, -0.15) is 0 Å². The Bertz CT molecular complexity index is 760. The van der Waals surface area contributed by atoms with Gasteiger partial charge in [-0.05, 0) is 41.4 Å². The number of furan rings is 1. The molecule has 0 aliphatic heterocycles. The Labute approximate surface area is 160 Å². The normalized spacial score (nSPS) is 10.6. The van der Waals surface area contributed by atoms with Gasteiger partial charge in [-0.1, -0.05) is 12.1 Å². The zero-order valence-corrected chi connectivity index (χ0v) is 15.9. The zero-order valence-electron chi connectivity index (χ0n) is 14.2. The highest BCUT2D eigenvalue weighted by Gasteiger charge is 2.16. The number of hydrogen-bond donors (Lipinski definition) is 1. The van der Waals surface area contributed by atoms with E-state index in [9.17, 15) is 9.59 Å². The molecular weight excluding hydrogens is 368 g/mol. The third-order valence-electron chi connectivity index (χ3n) is 3.80. The fourth-order valence-corrected chi connectivity index (χ4v) is 3.87. The molecule has 26 heavy (non-hydrogen) atoms. The van der Waals surface area contributed by atoms with Crippen molar-refractivity contribution in [2.24, 2.45) is 0 Å². The van der Waals surface area contributed by atoms with Crippen LogP contribution in [-0.4, -0.2) is 23.3 Å². The molecule has 0 unspecified atom stereocenters. The highest BCUT2D eigenvalue weighted by atomic mass is 32.1. The minimum Gasteiger partial charge on any atom is -0.467 e. The number of hydrogen-bond acceptors (Lipinski definition) is 5. The first-order valence-electron chi connectivity index (χ1n) is 8.36. The van der Waals surface area contributed by atoms with Crippen LogP contribution in [0, 0.1) is 0 Å². The van der Waals surface area contributed by atoms with Crippen LogP contribution in [0.3, 0.4) is 0 Å². The van der Waals surface area contributed by atoms with Gasteiger partial charge in [-0.15, -0.1) is 22.7 Å². The fourth-order valence-electron chi connectivity index (χ4n) is 2.51. The molecule has 0 fully saturated rings. The Hall–Kier alpha value is -2.38. The second-order valence-electron chi connectivity index (χ2n) is 5.75. The molecule has 0 aliphatic carbocycles. The van der Waals surface area contributed by atoms with E-state index in [1.807, 2.05) is 41.1 Å². The summed E-state index contributed by atoms with van der Waals surface area (Å²) in [5, 5.41) is 6.73. The lowest BCUT2D eigenvalue weighted by Gasteiger charge is -2.21. The molecule has 0 radical (unpaired) electrons. The van der Waals surface area contributed by atoms with E-state index in [1.54, 1.807) is 28.6 Å². The third kappa shape index (κ3) is 5.31. The lowest BCUT2D eigenvalue weighted by molar-refractivity contribution is -0.132. The van der Waals surface area contributed by atoms with Gasteiger partial charge in [0.05, 0.1) is 24.2 Å². The van der Waals surface area contributed by atoms with Crippen molar-refractivity contribution in [3.05, 3.63) is 68.9 Å². The van der Waals surface area contributed by atoms with Crippen LogP contribution >= 0.6 is 22.7 Å². The first kappa shape index (κ1) is 18.4. The minimum atomic E-state index is -0.0847. The molecule has 0 saturated carbocycles. The van der Waals surface area contributed by atoms with E-state index in [0.717, 1.165) is 10.6 Å². The number of carbonyl (C=O) groups is 2. The van der Waals surface area contributed by atoms with Gasteiger partial charge in [0, 0.05) is 17.8 Å². The second-order valence-corrected chi connectivity index (χ2v) is 7.73. The summed E-state index contributed by atoms with van der Waals surface area (Å²) < 4.78 is 5.39. The van der Waals surface area contributed by atoms with Crippen molar-refractivity contribution in [2.45, 2.75) is 25.9 Å². The highest BCUT2D eigenvalue weighted by molar-refractivity contribution is 7.12. The molecule has 3 aromatic heterocycles. The molecule has 0 spiro atoms. The van der Waals surface area contributed by atoms with Crippen LogP contribution in [0.5, 0.6) is 0 Å². The molecule has 3 rings (SSSR count). The quantitative estimate of drug-likeness (QED) is 0.560. The zero-order chi connectivity index (χ0) is 18.2. The maximum absolute atomic E-state index is 12.6. The lowest BCUT2D eigenvalue weighted by Crippen LogP contribution is -2.31. The topological polar surface area (TPSA) is 62.6 Å². The van der Waals surface area contributed by atoms with Gasteiger partial charge < -0.3 is 14.6 Å². The Kier molecular flexibility index (Phi) is 6.62. The van der Waals surface area contributed by atoms with Crippen molar-refractivity contribution in [3.63, 3.8) is 0 Å². The summed E-state index contributed by atoms with van der Waals surface area (Å²) in [6.45, 7) is 1.50. The van der Waals surface area contributed by atoms with Gasteiger partial charge in [0.2, 0.25) is 5.91 Å². The van der Waals surface area contributed by atoms with Gasteiger partial charge in [-0.25, -0.2) is 0 Å². The standard InChI is InChI=1S/C19H20N2O3S2/c22-18(8-1-9-20-19(23)17-7-4-12-26-17)21(13-15-5-2-10-24-15)14-16-6-3-11-25-16/h2-7,10-12H,1,8-9,13-14H2,(H,20,23). The van der Waals surface area contributed by atoms with E-state index >= 15 is 0 Å². The summed E-state index contributed by atoms with van der Waals surface area (Å²) in [5.74, 6) is 0.736. The van der Waals surface area contributed by atoms with Crippen molar-refractivity contribution in [3.8, 4) is 0 Å². The average Bonchev–Trinajstić information content (AvgIpc) is 3.41. The molecular formula is C19H20N2O3S2. The molecule has 3 aromatic rings. The van der Waals surface area contributed by atoms with Crippen molar-refractivity contribution in [1.29, 1.82) is 0 Å². The van der Waals surface area contributed by atoms with Crippen LogP contribution in [0.15, 0.2) is 57.8 Å². The van der Waals surface area contributed by atoms with E-state index in [4.69, 9.17) is 4.42 Å². The summed E-state index contributed by atoms with van der Waals surface area (Å²) in [7, 11) is 0. The first-order chi connectivity index (χ1) is 12.7. The second kappa shape index (κ2) is 9.35. The van der Waals surface area contributed by atoms with Crippen LogP contribution in [0.25, 0.3) is 0 Å². The molecule has 0 aromatic carbocycles. The Morgan fingerprint density at radius 3 is 2.58 bits per heavy atom. The summed E-state index contributed by atoms with van der Waals surface area (Å²) in [6, 6.07) is 11.3. The van der Waals surface area contributed by atoms with Gasteiger partial charge in [-0.3, -0.25) is 9.59 Å². The van der Waals surface area contributed by atoms with Gasteiger partial charge in [0.25, 0.3) is 5.91 Å². The molecule has 0 bridgehead atoms. The number of amides is 2. The molecule has 136 valence electrons. The summed E-state index contributed by atoms with van der Waals surface area (Å²) in [6.07, 6.45) is 2.61. The van der Waals surface area contributed by atoms with E-state index in [0.29, 0.717) is 37.4 Å². The van der Waals surface area contributed by atoms with Crippen molar-refractivity contribution in [2.75, 3.05) is 6.54 Å². The average molecular weight is 389 g/mol. The molecule has 1 N–H and O–H groups in total. The Morgan fingerprint density at radius 2 is 1.88 bits per heavy atom. The largest absolute Gasteiger partial charge is 0.467 e. The number of nitrogens with one attached hydrogen (secondary N) is 1. The van der Waals surface area contributed by atoms with Crippen LogP contribution in [0.1, 0.15) is 33.2 Å².